The zero-order valence-corrected chi connectivity index (χ0v) is 14.8. The predicted octanol–water partition coefficient (Wildman–Crippen LogP) is 2.96. The Balaban J connectivity index is 1.91. The van der Waals surface area contributed by atoms with E-state index in [-0.39, 0.29) is 11.7 Å². The number of ketones is 1. The lowest BCUT2D eigenvalue weighted by Gasteiger charge is -2.18. The summed E-state index contributed by atoms with van der Waals surface area (Å²) in [5.74, 6) is 0.164. The first-order valence-corrected chi connectivity index (χ1v) is 8.71. The normalized spacial score (nSPS) is 16.9. The molecule has 0 spiro atoms. The minimum atomic E-state index is -0.110. The van der Waals surface area contributed by atoms with E-state index in [1.165, 1.54) is 0 Å². The number of aryl methyl sites for hydroxylation is 2. The average molecular weight is 336 g/mol. The van der Waals surface area contributed by atoms with Gasteiger partial charge in [0.05, 0.1) is 5.56 Å². The van der Waals surface area contributed by atoms with Gasteiger partial charge in [-0.15, -0.1) is 0 Å². The lowest BCUT2D eigenvalue weighted by atomic mass is 9.95. The van der Waals surface area contributed by atoms with Gasteiger partial charge in [-0.05, 0) is 56.0 Å². The topological polar surface area (TPSA) is 63.4 Å². The monoisotopic (exact) mass is 336 g/mol. The second kappa shape index (κ2) is 7.19. The number of amides is 1. The van der Waals surface area contributed by atoms with E-state index >= 15 is 0 Å². The van der Waals surface area contributed by atoms with Crippen LogP contribution in [0.5, 0.6) is 0 Å². The van der Waals surface area contributed by atoms with Gasteiger partial charge >= 0.3 is 0 Å². The van der Waals surface area contributed by atoms with E-state index in [0.29, 0.717) is 42.2 Å². The first kappa shape index (κ1) is 17.4. The maximum absolute atomic E-state index is 13.0. The number of hydrogen-bond donors (Lipinski definition) is 1. The fourth-order valence-electron chi connectivity index (χ4n) is 3.29. The number of nitrogens with two attached hydrogens (primary N) is 1. The van der Waals surface area contributed by atoms with Crippen molar-refractivity contribution in [1.29, 1.82) is 0 Å². The molecule has 1 aliphatic heterocycles. The van der Waals surface area contributed by atoms with Gasteiger partial charge in [0.15, 0.2) is 5.78 Å². The summed E-state index contributed by atoms with van der Waals surface area (Å²) < 4.78 is 0. The van der Waals surface area contributed by atoms with Gasteiger partial charge in [-0.2, -0.15) is 0 Å². The molecule has 1 saturated heterocycles. The lowest BCUT2D eigenvalue weighted by Crippen LogP contribution is -2.31. The Labute approximate surface area is 148 Å². The summed E-state index contributed by atoms with van der Waals surface area (Å²) in [6.07, 6.45) is 0.926. The molecule has 0 aromatic heterocycles. The third kappa shape index (κ3) is 3.49. The molecule has 130 valence electrons. The van der Waals surface area contributed by atoms with Crippen molar-refractivity contribution in [1.82, 2.24) is 4.90 Å². The van der Waals surface area contributed by atoms with Crippen molar-refractivity contribution >= 4 is 11.7 Å². The molecular weight excluding hydrogens is 312 g/mol. The molecule has 0 unspecified atom stereocenters. The molecule has 25 heavy (non-hydrogen) atoms. The third-order valence-corrected chi connectivity index (χ3v) is 5.08. The van der Waals surface area contributed by atoms with Gasteiger partial charge in [0, 0.05) is 24.2 Å². The highest BCUT2D eigenvalue weighted by atomic mass is 16.2. The van der Waals surface area contributed by atoms with Crippen LogP contribution in [-0.4, -0.2) is 36.2 Å². The summed E-state index contributed by atoms with van der Waals surface area (Å²) in [5, 5.41) is 0. The molecule has 1 atom stereocenters. The van der Waals surface area contributed by atoms with E-state index in [4.69, 9.17) is 5.73 Å². The molecule has 2 N–H and O–H groups in total. The van der Waals surface area contributed by atoms with Crippen LogP contribution < -0.4 is 5.73 Å². The van der Waals surface area contributed by atoms with Crippen LogP contribution >= 0.6 is 0 Å². The van der Waals surface area contributed by atoms with Crippen LogP contribution in [-0.2, 0) is 0 Å². The first-order chi connectivity index (χ1) is 12.0. The molecule has 1 aliphatic rings. The van der Waals surface area contributed by atoms with Gasteiger partial charge in [0.2, 0.25) is 0 Å². The van der Waals surface area contributed by atoms with E-state index in [0.717, 1.165) is 17.5 Å². The first-order valence-electron chi connectivity index (χ1n) is 8.71. The maximum atomic E-state index is 13.0. The predicted molar refractivity (Wildman–Crippen MR) is 98.9 cm³/mol. The third-order valence-electron chi connectivity index (χ3n) is 5.08. The Kier molecular flexibility index (Phi) is 5.00. The molecule has 3 rings (SSSR count). The number of carbonyl (C=O) groups excluding carboxylic acids is 2. The molecule has 0 aliphatic carbocycles. The van der Waals surface area contributed by atoms with Crippen molar-refractivity contribution in [3.8, 4) is 0 Å². The minimum Gasteiger partial charge on any atom is -0.338 e. The van der Waals surface area contributed by atoms with E-state index in [2.05, 4.69) is 0 Å². The fourth-order valence-corrected chi connectivity index (χ4v) is 3.29. The van der Waals surface area contributed by atoms with E-state index in [9.17, 15) is 9.59 Å². The van der Waals surface area contributed by atoms with Crippen LogP contribution in [0, 0.1) is 19.8 Å². The standard InChI is InChI=1S/C21H24N2O2/c1-14-7-8-17(11-15(14)2)20(24)18-5-3-4-6-19(18)21(25)23-10-9-16(12-22)13-23/h3-8,11,16H,9-10,12-13,22H2,1-2H3/t16-/m0/s1. The molecule has 2 aromatic carbocycles. The molecule has 0 saturated carbocycles. The van der Waals surface area contributed by atoms with E-state index in [1.54, 1.807) is 24.3 Å². The summed E-state index contributed by atoms with van der Waals surface area (Å²) in [4.78, 5) is 27.7. The quantitative estimate of drug-likeness (QED) is 0.873. The van der Waals surface area contributed by atoms with Crippen molar-refractivity contribution < 1.29 is 9.59 Å². The van der Waals surface area contributed by atoms with Gasteiger partial charge in [0.1, 0.15) is 0 Å². The van der Waals surface area contributed by atoms with Crippen molar-refractivity contribution in [3.05, 3.63) is 70.3 Å². The smallest absolute Gasteiger partial charge is 0.254 e. The van der Waals surface area contributed by atoms with Crippen LogP contribution in [0.2, 0.25) is 0 Å². The SMILES string of the molecule is Cc1ccc(C(=O)c2ccccc2C(=O)N2CC[C@@H](CN)C2)cc1C. The fraction of sp³-hybridized carbons (Fsp3) is 0.333. The maximum Gasteiger partial charge on any atom is 0.254 e. The number of nitrogens with zero attached hydrogens (tertiary/aromatic N) is 1. The molecule has 4 heteroatoms. The minimum absolute atomic E-state index is 0.0799. The van der Waals surface area contributed by atoms with Gasteiger partial charge in [-0.25, -0.2) is 0 Å². The Morgan fingerprint density at radius 3 is 2.44 bits per heavy atom. The van der Waals surface area contributed by atoms with Gasteiger partial charge in [-0.3, -0.25) is 9.59 Å². The van der Waals surface area contributed by atoms with Crippen LogP contribution in [0.1, 0.15) is 43.8 Å². The summed E-state index contributed by atoms with van der Waals surface area (Å²) in [5.41, 5.74) is 9.49. The number of rotatable bonds is 4. The van der Waals surface area contributed by atoms with E-state index in [1.807, 2.05) is 36.9 Å². The van der Waals surface area contributed by atoms with Crippen LogP contribution in [0.25, 0.3) is 0 Å². The molecular formula is C21H24N2O2. The lowest BCUT2D eigenvalue weighted by molar-refractivity contribution is 0.0783. The van der Waals surface area contributed by atoms with Gasteiger partial charge < -0.3 is 10.6 Å². The Bertz CT molecular complexity index is 813. The summed E-state index contributed by atoms with van der Waals surface area (Å²) in [7, 11) is 0. The number of carbonyl (C=O) groups is 2. The molecule has 0 radical (unpaired) electrons. The van der Waals surface area contributed by atoms with Crippen LogP contribution in [0.3, 0.4) is 0 Å². The molecule has 1 fully saturated rings. The van der Waals surface area contributed by atoms with Crippen molar-refractivity contribution in [2.24, 2.45) is 11.7 Å². The zero-order chi connectivity index (χ0) is 18.0. The molecule has 2 aromatic rings. The van der Waals surface area contributed by atoms with E-state index < -0.39 is 0 Å². The molecule has 1 heterocycles. The van der Waals surface area contributed by atoms with Gasteiger partial charge in [-0.1, -0.05) is 30.3 Å². The summed E-state index contributed by atoms with van der Waals surface area (Å²) >= 11 is 0. The summed E-state index contributed by atoms with van der Waals surface area (Å²) in [6, 6.07) is 12.7. The molecule has 0 bridgehead atoms. The number of benzene rings is 2. The second-order valence-corrected chi connectivity index (χ2v) is 6.82. The molecule has 1 amide bonds. The van der Waals surface area contributed by atoms with Crippen molar-refractivity contribution in [3.63, 3.8) is 0 Å². The number of hydrogen-bond acceptors (Lipinski definition) is 3. The van der Waals surface area contributed by atoms with Crippen LogP contribution in [0.15, 0.2) is 42.5 Å². The highest BCUT2D eigenvalue weighted by Gasteiger charge is 2.28. The van der Waals surface area contributed by atoms with Gasteiger partial charge in [0.25, 0.3) is 5.91 Å². The summed E-state index contributed by atoms with van der Waals surface area (Å²) in [6.45, 7) is 5.96. The van der Waals surface area contributed by atoms with Crippen molar-refractivity contribution in [2.75, 3.05) is 19.6 Å². The van der Waals surface area contributed by atoms with Crippen molar-refractivity contribution in [2.45, 2.75) is 20.3 Å². The number of likely N-dealkylation sites (tertiary alicyclic amines) is 1. The molecule has 4 nitrogen and oxygen atoms in total. The largest absolute Gasteiger partial charge is 0.338 e. The highest BCUT2D eigenvalue weighted by molar-refractivity contribution is 6.15. The Morgan fingerprint density at radius 2 is 1.80 bits per heavy atom. The highest BCUT2D eigenvalue weighted by Crippen LogP contribution is 2.22. The Hall–Kier alpha value is -2.46. The second-order valence-electron chi connectivity index (χ2n) is 6.82. The Morgan fingerprint density at radius 1 is 1.08 bits per heavy atom. The van der Waals surface area contributed by atoms with Crippen LogP contribution in [0.4, 0.5) is 0 Å². The zero-order valence-electron chi connectivity index (χ0n) is 14.8. The average Bonchev–Trinajstić information content (AvgIpc) is 3.12.